The van der Waals surface area contributed by atoms with E-state index in [9.17, 15) is 4.79 Å². The highest BCUT2D eigenvalue weighted by Crippen LogP contribution is 2.26. The molecule has 7 heteroatoms. The van der Waals surface area contributed by atoms with Crippen molar-refractivity contribution in [3.63, 3.8) is 0 Å². The number of hydrogen-bond donors (Lipinski definition) is 0. The maximum Gasteiger partial charge on any atom is 0.269 e. The molecule has 1 saturated heterocycles. The summed E-state index contributed by atoms with van der Waals surface area (Å²) in [5.74, 6) is 0.673. The zero-order valence-electron chi connectivity index (χ0n) is 15.7. The highest BCUT2D eigenvalue weighted by Gasteiger charge is 2.31. The topological polar surface area (TPSA) is 65.2 Å². The summed E-state index contributed by atoms with van der Waals surface area (Å²) < 4.78 is 1.75. The number of hydrogen-bond acceptors (Lipinski definition) is 5. The molecular formula is C21H21N5OS. The van der Waals surface area contributed by atoms with Crippen molar-refractivity contribution in [2.24, 2.45) is 0 Å². The fourth-order valence-electron chi connectivity index (χ4n) is 3.50. The van der Waals surface area contributed by atoms with Gasteiger partial charge in [0.2, 0.25) is 0 Å². The van der Waals surface area contributed by atoms with Crippen LogP contribution in [0.2, 0.25) is 0 Å². The van der Waals surface area contributed by atoms with Gasteiger partial charge in [-0.3, -0.25) is 9.69 Å². The molecule has 0 radical (unpaired) electrons. The summed E-state index contributed by atoms with van der Waals surface area (Å²) >= 11 is 1.46. The Morgan fingerprint density at radius 2 is 1.96 bits per heavy atom. The normalized spacial score (nSPS) is 15.3. The van der Waals surface area contributed by atoms with Crippen molar-refractivity contribution in [2.75, 3.05) is 25.0 Å². The van der Waals surface area contributed by atoms with Crippen molar-refractivity contribution in [1.82, 2.24) is 14.7 Å². The first-order valence-electron chi connectivity index (χ1n) is 9.27. The Kier molecular flexibility index (Phi) is 5.24. The lowest BCUT2D eigenvalue weighted by molar-refractivity contribution is 0.0966. The van der Waals surface area contributed by atoms with E-state index in [1.165, 1.54) is 11.3 Å². The second-order valence-corrected chi connectivity index (χ2v) is 7.91. The number of nitrogens with zero attached hydrogens (tertiary/aromatic N) is 5. The van der Waals surface area contributed by atoms with Gasteiger partial charge in [0, 0.05) is 18.3 Å². The first kappa shape index (κ1) is 18.4. The third-order valence-electron chi connectivity index (χ3n) is 5.09. The first-order valence-corrected chi connectivity index (χ1v) is 10.2. The molecule has 1 aliphatic heterocycles. The number of nitriles is 1. The molecule has 0 saturated carbocycles. The van der Waals surface area contributed by atoms with Crippen LogP contribution in [0.3, 0.4) is 0 Å². The van der Waals surface area contributed by atoms with Crippen LogP contribution in [0.4, 0.5) is 5.82 Å². The lowest BCUT2D eigenvalue weighted by Gasteiger charge is -2.36. The Morgan fingerprint density at radius 3 is 2.61 bits per heavy atom. The van der Waals surface area contributed by atoms with Gasteiger partial charge in [0.1, 0.15) is 0 Å². The van der Waals surface area contributed by atoms with E-state index in [0.29, 0.717) is 11.4 Å². The molecule has 142 valence electrons. The van der Waals surface area contributed by atoms with E-state index in [-0.39, 0.29) is 11.9 Å². The second-order valence-electron chi connectivity index (χ2n) is 6.96. The van der Waals surface area contributed by atoms with Crippen molar-refractivity contribution in [3.05, 3.63) is 64.5 Å². The van der Waals surface area contributed by atoms with Gasteiger partial charge in [-0.1, -0.05) is 6.07 Å². The molecule has 28 heavy (non-hydrogen) atoms. The Balaban J connectivity index is 1.65. The van der Waals surface area contributed by atoms with Crippen LogP contribution in [0.1, 0.15) is 28.1 Å². The van der Waals surface area contributed by atoms with Gasteiger partial charge in [-0.2, -0.15) is 5.26 Å². The third-order valence-corrected chi connectivity index (χ3v) is 5.94. The van der Waals surface area contributed by atoms with Crippen molar-refractivity contribution in [3.8, 4) is 11.8 Å². The number of thiophene rings is 1. The molecule has 1 aliphatic rings. The maximum atomic E-state index is 13.3. The molecule has 0 aliphatic carbocycles. The first-order chi connectivity index (χ1) is 13.7. The number of rotatable bonds is 4. The number of benzene rings is 1. The van der Waals surface area contributed by atoms with Gasteiger partial charge in [0.05, 0.1) is 22.2 Å². The molecule has 1 amide bonds. The highest BCUT2D eigenvalue weighted by atomic mass is 32.1. The number of anilines is 1. The molecule has 1 aromatic carbocycles. The van der Waals surface area contributed by atoms with E-state index in [2.05, 4.69) is 18.0 Å². The average molecular weight is 392 g/mol. The molecule has 2 aromatic heterocycles. The van der Waals surface area contributed by atoms with Crippen LogP contribution in [-0.4, -0.2) is 46.8 Å². The average Bonchev–Trinajstić information content (AvgIpc) is 3.42. The quantitative estimate of drug-likeness (QED) is 0.682. The van der Waals surface area contributed by atoms with E-state index in [1.54, 1.807) is 16.8 Å². The summed E-state index contributed by atoms with van der Waals surface area (Å²) in [4.78, 5) is 18.1. The summed E-state index contributed by atoms with van der Waals surface area (Å²) in [6, 6.07) is 15.2. The zero-order chi connectivity index (χ0) is 19.5. The molecule has 0 bridgehead atoms. The Labute approximate surface area is 168 Å². The van der Waals surface area contributed by atoms with Crippen LogP contribution in [0, 0.1) is 11.3 Å². The predicted octanol–water partition coefficient (Wildman–Crippen LogP) is 3.55. The van der Waals surface area contributed by atoms with E-state index in [0.717, 1.165) is 36.5 Å². The Morgan fingerprint density at radius 1 is 1.21 bits per heavy atom. The number of amides is 1. The van der Waals surface area contributed by atoms with E-state index in [1.807, 2.05) is 46.8 Å². The fraction of sp³-hybridized carbons (Fsp3) is 0.286. The van der Waals surface area contributed by atoms with Gasteiger partial charge in [-0.05, 0) is 68.7 Å². The maximum absolute atomic E-state index is 13.3. The summed E-state index contributed by atoms with van der Waals surface area (Å²) in [5, 5.41) is 15.6. The summed E-state index contributed by atoms with van der Waals surface area (Å²) in [5.41, 5.74) is 1.47. The molecule has 0 spiro atoms. The minimum absolute atomic E-state index is 0.00892. The molecular weight excluding hydrogens is 370 g/mol. The molecule has 4 rings (SSSR count). The number of piperidine rings is 1. The van der Waals surface area contributed by atoms with Crippen LogP contribution in [0.15, 0.2) is 54.0 Å². The van der Waals surface area contributed by atoms with Crippen molar-refractivity contribution < 1.29 is 4.79 Å². The third kappa shape index (κ3) is 3.70. The molecule has 1 fully saturated rings. The Bertz CT molecular complexity index is 979. The minimum Gasteiger partial charge on any atom is -0.306 e. The van der Waals surface area contributed by atoms with E-state index < -0.39 is 0 Å². The summed E-state index contributed by atoms with van der Waals surface area (Å²) in [6.45, 7) is 1.93. The monoisotopic (exact) mass is 391 g/mol. The van der Waals surface area contributed by atoms with Crippen molar-refractivity contribution in [1.29, 1.82) is 5.26 Å². The van der Waals surface area contributed by atoms with Gasteiger partial charge in [-0.25, -0.2) is 4.68 Å². The minimum atomic E-state index is 0.00892. The molecule has 0 unspecified atom stereocenters. The van der Waals surface area contributed by atoms with Gasteiger partial charge in [-0.15, -0.1) is 16.4 Å². The SMILES string of the molecule is CN1CCC(N(C(=O)c2cccs2)c2ccn(-c3ccc(C#N)cc3)n2)CC1. The van der Waals surface area contributed by atoms with Crippen molar-refractivity contribution in [2.45, 2.75) is 18.9 Å². The van der Waals surface area contributed by atoms with E-state index in [4.69, 9.17) is 10.4 Å². The lowest BCUT2D eigenvalue weighted by atomic mass is 10.0. The second kappa shape index (κ2) is 7.97. The van der Waals surface area contributed by atoms with Gasteiger partial charge in [0.15, 0.2) is 5.82 Å². The zero-order valence-corrected chi connectivity index (χ0v) is 16.5. The molecule has 0 atom stereocenters. The molecule has 3 heterocycles. The standard InChI is InChI=1S/C21H21N5OS/c1-24-11-8-18(9-12-24)26(21(27)19-3-2-14-28-19)20-10-13-25(23-20)17-6-4-16(15-22)5-7-17/h2-7,10,13-14,18H,8-9,11-12H2,1H3. The lowest BCUT2D eigenvalue weighted by Crippen LogP contribution is -2.47. The van der Waals surface area contributed by atoms with Gasteiger partial charge < -0.3 is 4.90 Å². The largest absolute Gasteiger partial charge is 0.306 e. The van der Waals surface area contributed by atoms with E-state index >= 15 is 0 Å². The van der Waals surface area contributed by atoms with Crippen LogP contribution < -0.4 is 4.90 Å². The van der Waals surface area contributed by atoms with Gasteiger partial charge in [0.25, 0.3) is 5.91 Å². The van der Waals surface area contributed by atoms with Crippen molar-refractivity contribution >= 4 is 23.1 Å². The Hall–Kier alpha value is -2.95. The fourth-order valence-corrected chi connectivity index (χ4v) is 4.16. The highest BCUT2D eigenvalue weighted by molar-refractivity contribution is 7.12. The van der Waals surface area contributed by atoms with Crippen LogP contribution in [-0.2, 0) is 0 Å². The van der Waals surface area contributed by atoms with Crippen LogP contribution in [0.5, 0.6) is 0 Å². The van der Waals surface area contributed by atoms with Crippen LogP contribution >= 0.6 is 11.3 Å². The summed E-state index contributed by atoms with van der Waals surface area (Å²) in [6.07, 6.45) is 3.72. The number of carbonyl (C=O) groups is 1. The molecule has 0 N–H and O–H groups in total. The number of carbonyl (C=O) groups excluding carboxylic acids is 1. The summed E-state index contributed by atoms with van der Waals surface area (Å²) in [7, 11) is 2.11. The van der Waals surface area contributed by atoms with Crippen LogP contribution in [0.25, 0.3) is 5.69 Å². The smallest absolute Gasteiger partial charge is 0.269 e. The number of aromatic nitrogens is 2. The predicted molar refractivity (Wildman–Crippen MR) is 110 cm³/mol. The molecule has 6 nitrogen and oxygen atoms in total. The molecule has 3 aromatic rings. The van der Waals surface area contributed by atoms with Gasteiger partial charge >= 0.3 is 0 Å². The number of likely N-dealkylation sites (tertiary alicyclic amines) is 1.